The molecule has 0 aromatic heterocycles. The van der Waals surface area contributed by atoms with Crippen molar-refractivity contribution in [2.24, 2.45) is 5.92 Å². The Bertz CT molecular complexity index is 255. The predicted octanol–water partition coefficient (Wildman–Crippen LogP) is 2.92. The highest BCUT2D eigenvalue weighted by Gasteiger charge is 1.98. The lowest BCUT2D eigenvalue weighted by atomic mass is 10.0. The van der Waals surface area contributed by atoms with Gasteiger partial charge in [-0.25, -0.2) is 0 Å². The summed E-state index contributed by atoms with van der Waals surface area (Å²) in [7, 11) is 0. The number of hydrogen-bond acceptors (Lipinski definition) is 1. The molecular formula is C14H21N. The van der Waals surface area contributed by atoms with Crippen LogP contribution in [-0.4, -0.2) is 13.1 Å². The van der Waals surface area contributed by atoms with Gasteiger partial charge in [0.2, 0.25) is 0 Å². The average molecular weight is 203 g/mol. The number of allylic oxidation sites excluding steroid dienone is 2. The highest BCUT2D eigenvalue weighted by Crippen LogP contribution is 2.08. The summed E-state index contributed by atoms with van der Waals surface area (Å²) in [6, 6.07) is 0. The van der Waals surface area contributed by atoms with Crippen LogP contribution in [0.1, 0.15) is 19.8 Å². The maximum absolute atomic E-state index is 5.12. The number of hydrogen-bond donors (Lipinski definition) is 1. The maximum Gasteiger partial charge on any atom is 0.0267 e. The molecule has 0 rings (SSSR count). The van der Waals surface area contributed by atoms with Gasteiger partial charge in [0.25, 0.3) is 0 Å². The molecule has 0 aliphatic rings. The van der Waals surface area contributed by atoms with Gasteiger partial charge < -0.3 is 5.32 Å². The molecule has 82 valence electrons. The first kappa shape index (κ1) is 13.7. The normalized spacial score (nSPS) is 12.3. The molecule has 0 aliphatic heterocycles. The summed E-state index contributed by atoms with van der Waals surface area (Å²) in [6.45, 7) is 11.6. The van der Waals surface area contributed by atoms with Crippen molar-refractivity contribution in [2.75, 3.05) is 13.1 Å². The van der Waals surface area contributed by atoms with Crippen molar-refractivity contribution in [1.29, 1.82) is 0 Å². The van der Waals surface area contributed by atoms with Crippen molar-refractivity contribution in [1.82, 2.24) is 5.32 Å². The second-order valence-electron chi connectivity index (χ2n) is 3.68. The van der Waals surface area contributed by atoms with Crippen LogP contribution in [-0.2, 0) is 0 Å². The molecule has 1 N–H and O–H groups in total. The molecule has 0 spiro atoms. The van der Waals surface area contributed by atoms with Gasteiger partial charge in [0, 0.05) is 19.5 Å². The number of terminal acetylenes is 1. The first-order chi connectivity index (χ1) is 7.20. The monoisotopic (exact) mass is 203 g/mol. The Hall–Kier alpha value is -1.26. The van der Waals surface area contributed by atoms with E-state index >= 15 is 0 Å². The molecule has 1 atom stereocenters. The smallest absolute Gasteiger partial charge is 0.0267 e. The minimum atomic E-state index is 0.510. The molecule has 0 heterocycles. The van der Waals surface area contributed by atoms with E-state index in [2.05, 4.69) is 31.3 Å². The lowest BCUT2D eigenvalue weighted by Gasteiger charge is -2.09. The fraction of sp³-hybridized carbons (Fsp3) is 0.429. The minimum Gasteiger partial charge on any atom is -0.310 e. The molecule has 0 aromatic carbocycles. The topological polar surface area (TPSA) is 12.0 Å². The average Bonchev–Trinajstić information content (AvgIpc) is 2.23. The Balaban J connectivity index is 3.47. The molecule has 1 unspecified atom stereocenters. The van der Waals surface area contributed by atoms with Gasteiger partial charge >= 0.3 is 0 Å². The van der Waals surface area contributed by atoms with E-state index in [9.17, 15) is 0 Å². The predicted molar refractivity (Wildman–Crippen MR) is 68.6 cm³/mol. The molecule has 1 nitrogen and oxygen atoms in total. The Morgan fingerprint density at radius 2 is 2.27 bits per heavy atom. The molecule has 0 radical (unpaired) electrons. The van der Waals surface area contributed by atoms with Gasteiger partial charge in [0.1, 0.15) is 0 Å². The highest BCUT2D eigenvalue weighted by molar-refractivity contribution is 5.02. The molecule has 0 saturated carbocycles. The summed E-state index contributed by atoms with van der Waals surface area (Å²) in [5.74, 6) is 3.07. The van der Waals surface area contributed by atoms with Crippen LogP contribution in [0.4, 0.5) is 0 Å². The van der Waals surface area contributed by atoms with E-state index in [0.717, 1.165) is 19.5 Å². The van der Waals surface area contributed by atoms with Crippen LogP contribution in [0, 0.1) is 18.3 Å². The van der Waals surface area contributed by atoms with E-state index in [-0.39, 0.29) is 0 Å². The second kappa shape index (κ2) is 9.30. The molecular weight excluding hydrogens is 182 g/mol. The summed E-state index contributed by atoms with van der Waals surface area (Å²) in [6.07, 6.45) is 12.8. The minimum absolute atomic E-state index is 0.510. The molecule has 0 bridgehead atoms. The Morgan fingerprint density at radius 3 is 2.87 bits per heavy atom. The standard InChI is InChI=1S/C14H21N/c1-5-7-8-9-10-15-12-14(4)11-13(3)6-2/h1,6,8-9,13,15H,2,4,7,10-12H2,3H3/b9-8-. The summed E-state index contributed by atoms with van der Waals surface area (Å²) >= 11 is 0. The third kappa shape index (κ3) is 9.05. The fourth-order valence-corrected chi connectivity index (χ4v) is 1.18. The van der Waals surface area contributed by atoms with Gasteiger partial charge in [-0.2, -0.15) is 0 Å². The molecule has 0 aliphatic carbocycles. The molecule has 0 saturated heterocycles. The van der Waals surface area contributed by atoms with Gasteiger partial charge in [0.05, 0.1) is 0 Å². The van der Waals surface area contributed by atoms with Gasteiger partial charge in [-0.1, -0.05) is 37.3 Å². The third-order valence-electron chi connectivity index (χ3n) is 2.05. The molecule has 0 fully saturated rings. The second-order valence-corrected chi connectivity index (χ2v) is 3.68. The van der Waals surface area contributed by atoms with Crippen LogP contribution in [0.2, 0.25) is 0 Å². The van der Waals surface area contributed by atoms with Crippen LogP contribution >= 0.6 is 0 Å². The van der Waals surface area contributed by atoms with Crippen LogP contribution in [0.3, 0.4) is 0 Å². The van der Waals surface area contributed by atoms with Crippen LogP contribution in [0.5, 0.6) is 0 Å². The zero-order valence-corrected chi connectivity index (χ0v) is 9.63. The molecule has 0 aromatic rings. The highest BCUT2D eigenvalue weighted by atomic mass is 14.8. The van der Waals surface area contributed by atoms with E-state index in [1.807, 2.05) is 18.2 Å². The van der Waals surface area contributed by atoms with E-state index in [0.29, 0.717) is 12.3 Å². The molecule has 0 amide bonds. The molecule has 15 heavy (non-hydrogen) atoms. The number of rotatable bonds is 8. The quantitative estimate of drug-likeness (QED) is 0.363. The van der Waals surface area contributed by atoms with Crippen molar-refractivity contribution >= 4 is 0 Å². The van der Waals surface area contributed by atoms with Crippen molar-refractivity contribution in [3.8, 4) is 12.3 Å². The first-order valence-corrected chi connectivity index (χ1v) is 5.29. The molecule has 1 heteroatoms. The Kier molecular flexibility index (Phi) is 8.52. The lowest BCUT2D eigenvalue weighted by molar-refractivity contribution is 0.680. The van der Waals surface area contributed by atoms with Crippen molar-refractivity contribution in [3.63, 3.8) is 0 Å². The zero-order valence-electron chi connectivity index (χ0n) is 9.63. The largest absolute Gasteiger partial charge is 0.310 e. The van der Waals surface area contributed by atoms with Crippen molar-refractivity contribution in [2.45, 2.75) is 19.8 Å². The Labute approximate surface area is 94.0 Å². The lowest BCUT2D eigenvalue weighted by Crippen LogP contribution is -2.17. The van der Waals surface area contributed by atoms with Crippen LogP contribution in [0.25, 0.3) is 0 Å². The summed E-state index contributed by atoms with van der Waals surface area (Å²) in [4.78, 5) is 0. The first-order valence-electron chi connectivity index (χ1n) is 5.29. The van der Waals surface area contributed by atoms with Gasteiger partial charge in [0.15, 0.2) is 0 Å². The number of nitrogens with one attached hydrogen (secondary N) is 1. The van der Waals surface area contributed by atoms with Gasteiger partial charge in [-0.3, -0.25) is 0 Å². The SMILES string of the molecule is C#CC/C=C\CNCC(=C)CC(C)C=C. The van der Waals surface area contributed by atoms with E-state index in [1.54, 1.807) is 0 Å². The Morgan fingerprint density at radius 1 is 1.53 bits per heavy atom. The summed E-state index contributed by atoms with van der Waals surface area (Å²) in [5.41, 5.74) is 1.22. The maximum atomic E-state index is 5.12. The third-order valence-corrected chi connectivity index (χ3v) is 2.05. The van der Waals surface area contributed by atoms with E-state index < -0.39 is 0 Å². The van der Waals surface area contributed by atoms with Crippen molar-refractivity contribution in [3.05, 3.63) is 37.0 Å². The van der Waals surface area contributed by atoms with E-state index in [4.69, 9.17) is 6.42 Å². The van der Waals surface area contributed by atoms with Crippen molar-refractivity contribution < 1.29 is 0 Å². The van der Waals surface area contributed by atoms with E-state index in [1.165, 1.54) is 5.57 Å². The fourth-order valence-electron chi connectivity index (χ4n) is 1.18. The summed E-state index contributed by atoms with van der Waals surface area (Å²) < 4.78 is 0. The van der Waals surface area contributed by atoms with Crippen LogP contribution in [0.15, 0.2) is 37.0 Å². The summed E-state index contributed by atoms with van der Waals surface area (Å²) in [5, 5.41) is 3.28. The van der Waals surface area contributed by atoms with Crippen LogP contribution < -0.4 is 5.32 Å². The van der Waals surface area contributed by atoms with Gasteiger partial charge in [-0.15, -0.1) is 18.9 Å². The van der Waals surface area contributed by atoms with Gasteiger partial charge in [-0.05, 0) is 12.3 Å². The zero-order chi connectivity index (χ0) is 11.5.